The Kier molecular flexibility index (Phi) is 5.20. The molecule has 0 spiro atoms. The number of guanidine groups is 1. The summed E-state index contributed by atoms with van der Waals surface area (Å²) in [5.41, 5.74) is 6.68. The summed E-state index contributed by atoms with van der Waals surface area (Å²) in [7, 11) is 1.62. The van der Waals surface area contributed by atoms with E-state index in [9.17, 15) is 0 Å². The van der Waals surface area contributed by atoms with Crippen molar-refractivity contribution in [1.29, 1.82) is 0 Å². The molecule has 20 heavy (non-hydrogen) atoms. The minimum Gasteiger partial charge on any atom is -0.497 e. The summed E-state index contributed by atoms with van der Waals surface area (Å²) in [6.07, 6.45) is 1.78. The number of benzene rings is 1. The molecule has 1 saturated heterocycles. The molecule has 2 rings (SSSR count). The molecule has 4 N–H and O–H groups in total. The third-order valence-electron chi connectivity index (χ3n) is 3.23. The van der Waals surface area contributed by atoms with E-state index >= 15 is 0 Å². The number of nitrogens with two attached hydrogens (primary N) is 1. The topological polar surface area (TPSA) is 89.1 Å². The first-order valence-corrected chi connectivity index (χ1v) is 6.68. The van der Waals surface area contributed by atoms with Gasteiger partial charge in [0, 0.05) is 5.69 Å². The molecule has 6 heteroatoms. The second-order valence-electron chi connectivity index (χ2n) is 4.72. The predicted molar refractivity (Wildman–Crippen MR) is 78.1 cm³/mol. The summed E-state index contributed by atoms with van der Waals surface area (Å²) in [6.45, 7) is 0.575. The maximum atomic E-state index is 8.99. The van der Waals surface area contributed by atoms with E-state index in [0.717, 1.165) is 24.3 Å². The van der Waals surface area contributed by atoms with Gasteiger partial charge >= 0.3 is 0 Å². The van der Waals surface area contributed by atoms with Crippen LogP contribution in [0.25, 0.3) is 0 Å². The molecule has 110 valence electrons. The van der Waals surface area contributed by atoms with Crippen LogP contribution in [0.15, 0.2) is 29.3 Å². The first-order chi connectivity index (χ1) is 9.71. The highest BCUT2D eigenvalue weighted by atomic mass is 16.5. The van der Waals surface area contributed by atoms with Gasteiger partial charge in [0.15, 0.2) is 5.96 Å². The molecule has 1 aliphatic rings. The summed E-state index contributed by atoms with van der Waals surface area (Å²) in [5.74, 6) is 1.15. The standard InChI is InChI=1S/C14H21N3O3/c1-19-11-4-2-10(3-5-11)17-14(15)16-8-12-6-7-13(9-18)20-12/h2-5,12-13,18H,6-9H2,1H3,(H3,15,16,17)/t12-,13+/m1/s1. The molecule has 0 saturated carbocycles. The molecule has 6 nitrogen and oxygen atoms in total. The highest BCUT2D eigenvalue weighted by Crippen LogP contribution is 2.19. The molecule has 0 radical (unpaired) electrons. The number of aliphatic imine (C=N–C) groups is 1. The fourth-order valence-corrected chi connectivity index (χ4v) is 2.11. The van der Waals surface area contributed by atoms with Gasteiger partial charge in [-0.3, -0.25) is 4.99 Å². The molecule has 0 aromatic heterocycles. The number of hydrogen-bond acceptors (Lipinski definition) is 4. The van der Waals surface area contributed by atoms with Crippen LogP contribution in [0.5, 0.6) is 5.75 Å². The molecule has 0 unspecified atom stereocenters. The molecule has 1 aromatic rings. The number of ether oxygens (including phenoxy) is 2. The normalized spacial score (nSPS) is 22.8. The summed E-state index contributed by atoms with van der Waals surface area (Å²) >= 11 is 0. The van der Waals surface area contributed by atoms with Crippen LogP contribution in [-0.2, 0) is 4.74 Å². The number of hydrogen-bond donors (Lipinski definition) is 3. The Hall–Kier alpha value is -1.79. The van der Waals surface area contributed by atoms with Crippen LogP contribution < -0.4 is 15.8 Å². The number of aliphatic hydroxyl groups is 1. The van der Waals surface area contributed by atoms with E-state index in [1.54, 1.807) is 7.11 Å². The summed E-state index contributed by atoms with van der Waals surface area (Å²) in [6, 6.07) is 7.44. The van der Waals surface area contributed by atoms with Gasteiger partial charge < -0.3 is 25.6 Å². The predicted octanol–water partition coefficient (Wildman–Crippen LogP) is 0.962. The Balaban J connectivity index is 1.81. The Morgan fingerprint density at radius 2 is 2.10 bits per heavy atom. The maximum Gasteiger partial charge on any atom is 0.193 e. The first kappa shape index (κ1) is 14.6. The van der Waals surface area contributed by atoms with Crippen LogP contribution >= 0.6 is 0 Å². The summed E-state index contributed by atoms with van der Waals surface area (Å²) < 4.78 is 10.7. The molecule has 2 atom stereocenters. The van der Waals surface area contributed by atoms with Crippen LogP contribution in [0.1, 0.15) is 12.8 Å². The first-order valence-electron chi connectivity index (χ1n) is 6.68. The van der Waals surface area contributed by atoms with Crippen molar-refractivity contribution in [3.05, 3.63) is 24.3 Å². The zero-order valence-corrected chi connectivity index (χ0v) is 11.6. The fraction of sp³-hybridized carbons (Fsp3) is 0.500. The van der Waals surface area contributed by atoms with Gasteiger partial charge in [0.2, 0.25) is 0 Å². The summed E-state index contributed by atoms with van der Waals surface area (Å²) in [4.78, 5) is 4.26. The van der Waals surface area contributed by atoms with Gasteiger partial charge in [0.1, 0.15) is 5.75 Å². The third-order valence-corrected chi connectivity index (χ3v) is 3.23. The van der Waals surface area contributed by atoms with Crippen LogP contribution in [0.4, 0.5) is 5.69 Å². The van der Waals surface area contributed by atoms with Gasteiger partial charge in [-0.25, -0.2) is 0 Å². The van der Waals surface area contributed by atoms with Gasteiger partial charge in [0.25, 0.3) is 0 Å². The Labute approximate surface area is 118 Å². The zero-order valence-electron chi connectivity index (χ0n) is 11.6. The largest absolute Gasteiger partial charge is 0.497 e. The Morgan fingerprint density at radius 1 is 1.40 bits per heavy atom. The van der Waals surface area contributed by atoms with Gasteiger partial charge in [0.05, 0.1) is 32.5 Å². The second-order valence-corrected chi connectivity index (χ2v) is 4.72. The van der Waals surface area contributed by atoms with E-state index in [0.29, 0.717) is 12.5 Å². The lowest BCUT2D eigenvalue weighted by Gasteiger charge is -2.11. The van der Waals surface area contributed by atoms with Gasteiger partial charge in [-0.05, 0) is 37.1 Å². The number of aliphatic hydroxyl groups excluding tert-OH is 1. The average molecular weight is 279 g/mol. The van der Waals surface area contributed by atoms with Crippen molar-refractivity contribution in [3.63, 3.8) is 0 Å². The molecular weight excluding hydrogens is 258 g/mol. The highest BCUT2D eigenvalue weighted by molar-refractivity contribution is 5.92. The lowest BCUT2D eigenvalue weighted by atomic mass is 10.2. The van der Waals surface area contributed by atoms with Gasteiger partial charge in [-0.2, -0.15) is 0 Å². The van der Waals surface area contributed by atoms with Gasteiger partial charge in [-0.1, -0.05) is 0 Å². The second kappa shape index (κ2) is 7.12. The lowest BCUT2D eigenvalue weighted by molar-refractivity contribution is 0.0160. The quantitative estimate of drug-likeness (QED) is 0.552. The fourth-order valence-electron chi connectivity index (χ4n) is 2.11. The number of rotatable bonds is 5. The van der Waals surface area contributed by atoms with Crippen molar-refractivity contribution in [2.75, 3.05) is 25.6 Å². The average Bonchev–Trinajstić information content (AvgIpc) is 2.94. The van der Waals surface area contributed by atoms with Crippen LogP contribution in [0, 0.1) is 0 Å². The number of nitrogens with zero attached hydrogens (tertiary/aromatic N) is 1. The minimum absolute atomic E-state index is 0.0448. The number of anilines is 1. The van der Waals surface area contributed by atoms with Crippen molar-refractivity contribution in [1.82, 2.24) is 0 Å². The van der Waals surface area contributed by atoms with Crippen molar-refractivity contribution in [2.45, 2.75) is 25.0 Å². The molecule has 1 fully saturated rings. The van der Waals surface area contributed by atoms with Gasteiger partial charge in [-0.15, -0.1) is 0 Å². The number of nitrogens with one attached hydrogen (secondary N) is 1. The Bertz CT molecular complexity index is 447. The lowest BCUT2D eigenvalue weighted by Crippen LogP contribution is -2.25. The van der Waals surface area contributed by atoms with E-state index < -0.39 is 0 Å². The summed E-state index contributed by atoms with van der Waals surface area (Å²) in [5, 5.41) is 12.0. The SMILES string of the molecule is COc1ccc(NC(N)=NC[C@H]2CC[C@@H](CO)O2)cc1. The van der Waals surface area contributed by atoms with E-state index in [2.05, 4.69) is 10.3 Å². The minimum atomic E-state index is -0.0500. The smallest absolute Gasteiger partial charge is 0.193 e. The van der Waals surface area contributed by atoms with E-state index in [-0.39, 0.29) is 18.8 Å². The maximum absolute atomic E-state index is 8.99. The Morgan fingerprint density at radius 3 is 2.70 bits per heavy atom. The molecule has 1 aromatic carbocycles. The van der Waals surface area contributed by atoms with Crippen molar-refractivity contribution >= 4 is 11.6 Å². The molecule has 1 heterocycles. The van der Waals surface area contributed by atoms with E-state index in [1.807, 2.05) is 24.3 Å². The van der Waals surface area contributed by atoms with Crippen LogP contribution in [0.2, 0.25) is 0 Å². The third kappa shape index (κ3) is 4.11. The van der Waals surface area contributed by atoms with Crippen molar-refractivity contribution < 1.29 is 14.6 Å². The monoisotopic (exact) mass is 279 g/mol. The zero-order chi connectivity index (χ0) is 14.4. The molecule has 0 amide bonds. The molecular formula is C14H21N3O3. The molecule has 0 bridgehead atoms. The molecule has 0 aliphatic carbocycles. The van der Waals surface area contributed by atoms with Crippen LogP contribution in [0.3, 0.4) is 0 Å². The van der Waals surface area contributed by atoms with E-state index in [4.69, 9.17) is 20.3 Å². The number of methoxy groups -OCH3 is 1. The molecule has 1 aliphatic heterocycles. The highest BCUT2D eigenvalue weighted by Gasteiger charge is 2.24. The van der Waals surface area contributed by atoms with Crippen LogP contribution in [-0.4, -0.2) is 43.5 Å². The van der Waals surface area contributed by atoms with Crippen molar-refractivity contribution in [2.24, 2.45) is 10.7 Å². The van der Waals surface area contributed by atoms with Crippen molar-refractivity contribution in [3.8, 4) is 5.75 Å². The van der Waals surface area contributed by atoms with E-state index in [1.165, 1.54) is 0 Å².